The number of carbonyl (C=O) groups is 1. The Labute approximate surface area is 101 Å². The Morgan fingerprint density at radius 3 is 2.69 bits per heavy atom. The highest BCUT2D eigenvalue weighted by atomic mass is 79.9. The predicted octanol–water partition coefficient (Wildman–Crippen LogP) is 3.33. The first kappa shape index (κ1) is 12.9. The summed E-state index contributed by atoms with van der Waals surface area (Å²) in [6.45, 7) is 5.22. The lowest BCUT2D eigenvalue weighted by atomic mass is 10.2. The van der Waals surface area contributed by atoms with E-state index in [1.165, 1.54) is 6.20 Å². The predicted molar refractivity (Wildman–Crippen MR) is 61.8 cm³/mol. The second kappa shape index (κ2) is 4.78. The fourth-order valence-corrected chi connectivity index (χ4v) is 1.22. The van der Waals surface area contributed by atoms with Gasteiger partial charge in [-0.3, -0.25) is 10.3 Å². The number of carbonyl (C=O) groups excluding carboxylic acids is 1. The summed E-state index contributed by atoms with van der Waals surface area (Å²) in [6.07, 6.45) is 1.72. The molecule has 0 aliphatic heterocycles. The Hall–Kier alpha value is -1.17. The second-order valence-corrected chi connectivity index (χ2v) is 4.90. The van der Waals surface area contributed by atoms with Crippen molar-refractivity contribution in [3.63, 3.8) is 0 Å². The molecule has 1 amide bonds. The standard InChI is InChI=1S/C10H12BrFN2O2/c1-10(2,3)16-9(15)14-7-5-13-4-6(12)8(7)11/h4-5H,1-3H3,(H,14,15). The summed E-state index contributed by atoms with van der Waals surface area (Å²) < 4.78 is 18.2. The van der Waals surface area contributed by atoms with E-state index in [1.54, 1.807) is 20.8 Å². The lowest BCUT2D eigenvalue weighted by molar-refractivity contribution is 0.0636. The minimum atomic E-state index is -0.652. The van der Waals surface area contributed by atoms with E-state index in [-0.39, 0.29) is 10.2 Å². The number of nitrogens with one attached hydrogen (secondary N) is 1. The number of hydrogen-bond acceptors (Lipinski definition) is 3. The molecule has 0 saturated heterocycles. The minimum Gasteiger partial charge on any atom is -0.444 e. The average molecular weight is 291 g/mol. The normalized spacial score (nSPS) is 11.1. The van der Waals surface area contributed by atoms with Gasteiger partial charge in [-0.2, -0.15) is 0 Å². The first-order chi connectivity index (χ1) is 7.29. The molecule has 88 valence electrons. The number of hydrogen-bond donors (Lipinski definition) is 1. The lowest BCUT2D eigenvalue weighted by Gasteiger charge is -2.19. The quantitative estimate of drug-likeness (QED) is 0.863. The SMILES string of the molecule is CC(C)(C)OC(=O)Nc1cncc(F)c1Br. The van der Waals surface area contributed by atoms with Crippen molar-refractivity contribution in [2.45, 2.75) is 26.4 Å². The van der Waals surface area contributed by atoms with Crippen molar-refractivity contribution in [1.82, 2.24) is 4.98 Å². The maximum absolute atomic E-state index is 13.1. The van der Waals surface area contributed by atoms with E-state index in [0.717, 1.165) is 6.20 Å². The first-order valence-corrected chi connectivity index (χ1v) is 5.38. The molecule has 1 aromatic heterocycles. The van der Waals surface area contributed by atoms with Gasteiger partial charge in [0.25, 0.3) is 0 Å². The zero-order valence-corrected chi connectivity index (χ0v) is 10.8. The molecule has 0 fully saturated rings. The van der Waals surface area contributed by atoms with Crippen molar-refractivity contribution in [1.29, 1.82) is 0 Å². The van der Waals surface area contributed by atoms with Crippen molar-refractivity contribution in [3.8, 4) is 0 Å². The van der Waals surface area contributed by atoms with Crippen LogP contribution in [-0.2, 0) is 4.74 Å². The van der Waals surface area contributed by atoms with Gasteiger partial charge >= 0.3 is 6.09 Å². The number of nitrogens with zero attached hydrogens (tertiary/aromatic N) is 1. The van der Waals surface area contributed by atoms with E-state index in [1.807, 2.05) is 0 Å². The van der Waals surface area contributed by atoms with Gasteiger partial charge in [0, 0.05) is 0 Å². The summed E-state index contributed by atoms with van der Waals surface area (Å²) in [5.41, 5.74) is -0.369. The van der Waals surface area contributed by atoms with E-state index in [2.05, 4.69) is 26.2 Å². The van der Waals surface area contributed by atoms with Crippen LogP contribution in [0.4, 0.5) is 14.9 Å². The summed E-state index contributed by atoms with van der Waals surface area (Å²) in [6, 6.07) is 0. The van der Waals surface area contributed by atoms with Crippen LogP contribution in [-0.4, -0.2) is 16.7 Å². The van der Waals surface area contributed by atoms with Gasteiger partial charge in [0.1, 0.15) is 5.60 Å². The molecule has 1 rings (SSSR count). The number of pyridine rings is 1. The van der Waals surface area contributed by atoms with Crippen LogP contribution >= 0.6 is 15.9 Å². The Morgan fingerprint density at radius 2 is 2.12 bits per heavy atom. The van der Waals surface area contributed by atoms with Gasteiger partial charge in [0.15, 0.2) is 5.82 Å². The van der Waals surface area contributed by atoms with Gasteiger partial charge in [-0.1, -0.05) is 0 Å². The molecule has 0 atom stereocenters. The maximum Gasteiger partial charge on any atom is 0.412 e. The fraction of sp³-hybridized carbons (Fsp3) is 0.400. The third-order valence-corrected chi connectivity index (χ3v) is 2.28. The van der Waals surface area contributed by atoms with Crippen LogP contribution in [0, 0.1) is 5.82 Å². The van der Waals surface area contributed by atoms with Crippen LogP contribution in [0.1, 0.15) is 20.8 Å². The fourth-order valence-electron chi connectivity index (χ4n) is 0.920. The van der Waals surface area contributed by atoms with Crippen LogP contribution in [0.5, 0.6) is 0 Å². The summed E-state index contributed by atoms with van der Waals surface area (Å²) in [7, 11) is 0. The number of aromatic nitrogens is 1. The smallest absolute Gasteiger partial charge is 0.412 e. The van der Waals surface area contributed by atoms with E-state index in [9.17, 15) is 9.18 Å². The summed E-state index contributed by atoms with van der Waals surface area (Å²) in [5, 5.41) is 2.40. The van der Waals surface area contributed by atoms with Gasteiger partial charge in [-0.05, 0) is 36.7 Å². The van der Waals surface area contributed by atoms with Crippen LogP contribution < -0.4 is 5.32 Å². The molecule has 1 heterocycles. The maximum atomic E-state index is 13.1. The number of rotatable bonds is 1. The highest BCUT2D eigenvalue weighted by molar-refractivity contribution is 9.10. The van der Waals surface area contributed by atoms with Gasteiger partial charge in [0.2, 0.25) is 0 Å². The van der Waals surface area contributed by atoms with Crippen molar-refractivity contribution < 1.29 is 13.9 Å². The molecule has 4 nitrogen and oxygen atoms in total. The van der Waals surface area contributed by atoms with Crippen LogP contribution in [0.25, 0.3) is 0 Å². The highest BCUT2D eigenvalue weighted by Gasteiger charge is 2.17. The van der Waals surface area contributed by atoms with E-state index < -0.39 is 17.5 Å². The third kappa shape index (κ3) is 3.77. The molecule has 0 aromatic carbocycles. The monoisotopic (exact) mass is 290 g/mol. The molecular weight excluding hydrogens is 279 g/mol. The number of ether oxygens (including phenoxy) is 1. The molecule has 0 unspecified atom stereocenters. The molecule has 0 spiro atoms. The Balaban J connectivity index is 2.74. The zero-order valence-electron chi connectivity index (χ0n) is 9.17. The molecule has 1 N–H and O–H groups in total. The molecule has 0 radical (unpaired) electrons. The largest absolute Gasteiger partial charge is 0.444 e. The minimum absolute atomic E-state index is 0.147. The van der Waals surface area contributed by atoms with Crippen molar-refractivity contribution in [3.05, 3.63) is 22.7 Å². The van der Waals surface area contributed by atoms with Gasteiger partial charge < -0.3 is 4.74 Å². The Kier molecular flexibility index (Phi) is 3.85. The van der Waals surface area contributed by atoms with Crippen LogP contribution in [0.2, 0.25) is 0 Å². The average Bonchev–Trinajstić information content (AvgIpc) is 2.09. The summed E-state index contributed by atoms with van der Waals surface area (Å²) in [5.74, 6) is -0.548. The molecule has 6 heteroatoms. The lowest BCUT2D eigenvalue weighted by Crippen LogP contribution is -2.27. The highest BCUT2D eigenvalue weighted by Crippen LogP contribution is 2.24. The molecule has 0 bridgehead atoms. The van der Waals surface area contributed by atoms with Crippen LogP contribution in [0.15, 0.2) is 16.9 Å². The number of anilines is 1. The summed E-state index contributed by atoms with van der Waals surface area (Å²) in [4.78, 5) is 15.0. The Bertz CT molecular complexity index is 404. The first-order valence-electron chi connectivity index (χ1n) is 4.58. The van der Waals surface area contributed by atoms with Crippen molar-refractivity contribution in [2.24, 2.45) is 0 Å². The second-order valence-electron chi connectivity index (χ2n) is 4.11. The molecule has 0 aliphatic rings. The molecule has 0 aliphatic carbocycles. The molecule has 1 aromatic rings. The van der Waals surface area contributed by atoms with Gasteiger partial charge in [0.05, 0.1) is 22.6 Å². The number of halogens is 2. The Morgan fingerprint density at radius 1 is 1.50 bits per heavy atom. The van der Waals surface area contributed by atoms with E-state index >= 15 is 0 Å². The topological polar surface area (TPSA) is 51.2 Å². The van der Waals surface area contributed by atoms with E-state index in [4.69, 9.17) is 4.74 Å². The molecule has 16 heavy (non-hydrogen) atoms. The zero-order chi connectivity index (χ0) is 12.3. The van der Waals surface area contributed by atoms with Crippen molar-refractivity contribution in [2.75, 3.05) is 5.32 Å². The molecular formula is C10H12BrFN2O2. The van der Waals surface area contributed by atoms with Gasteiger partial charge in [-0.25, -0.2) is 9.18 Å². The van der Waals surface area contributed by atoms with Crippen LogP contribution in [0.3, 0.4) is 0 Å². The summed E-state index contributed by atoms with van der Waals surface area (Å²) >= 11 is 3.00. The molecule has 0 saturated carbocycles. The third-order valence-electron chi connectivity index (χ3n) is 1.47. The number of amides is 1. The van der Waals surface area contributed by atoms with Crippen molar-refractivity contribution >= 4 is 27.7 Å². The van der Waals surface area contributed by atoms with Gasteiger partial charge in [-0.15, -0.1) is 0 Å². The van der Waals surface area contributed by atoms with E-state index in [0.29, 0.717) is 0 Å².